The maximum absolute atomic E-state index is 11.3. The third kappa shape index (κ3) is 2.76. The molecule has 0 saturated carbocycles. The fourth-order valence-electron chi connectivity index (χ4n) is 1.43. The topological polar surface area (TPSA) is 84.0 Å². The molecule has 7 heteroatoms. The van der Waals surface area contributed by atoms with Gasteiger partial charge in [-0.25, -0.2) is 13.2 Å². The number of anilines is 1. The van der Waals surface area contributed by atoms with Gasteiger partial charge in [0.25, 0.3) is 0 Å². The van der Waals surface area contributed by atoms with Gasteiger partial charge in [-0.2, -0.15) is 0 Å². The molecule has 0 spiro atoms. The molecule has 1 aromatic heterocycles. The van der Waals surface area contributed by atoms with Crippen LogP contribution in [0.5, 0.6) is 0 Å². The van der Waals surface area contributed by atoms with E-state index in [1.807, 2.05) is 0 Å². The van der Waals surface area contributed by atoms with Gasteiger partial charge in [-0.1, -0.05) is 0 Å². The van der Waals surface area contributed by atoms with Crippen molar-refractivity contribution >= 4 is 15.7 Å². The Morgan fingerprint density at radius 1 is 1.24 bits per heavy atom. The van der Waals surface area contributed by atoms with E-state index in [0.717, 1.165) is 6.26 Å². The monoisotopic (exact) mass is 253 g/mol. The molecule has 90 valence electrons. The van der Waals surface area contributed by atoms with Gasteiger partial charge in [0.1, 0.15) is 0 Å². The van der Waals surface area contributed by atoms with Crippen LogP contribution < -0.4 is 10.4 Å². The van der Waals surface area contributed by atoms with Crippen molar-refractivity contribution in [3.05, 3.63) is 47.1 Å². The Hall–Kier alpha value is -2.02. The fraction of sp³-hybridized carbons (Fsp3) is 0.100. The minimum absolute atomic E-state index is 0.242. The van der Waals surface area contributed by atoms with Gasteiger partial charge in [-0.05, 0) is 24.3 Å². The highest BCUT2D eigenvalue weighted by molar-refractivity contribution is 7.92. The van der Waals surface area contributed by atoms with Gasteiger partial charge in [0.15, 0.2) is 0 Å². The zero-order valence-electron chi connectivity index (χ0n) is 9.04. The second-order valence-corrected chi connectivity index (χ2v) is 5.30. The smallest absolute Gasteiger partial charge is 0.312 e. The minimum atomic E-state index is -3.28. The number of aromatic amines is 1. The first kappa shape index (κ1) is 11.5. The van der Waals surface area contributed by atoms with E-state index in [1.54, 1.807) is 30.5 Å². The lowest BCUT2D eigenvalue weighted by molar-refractivity contribution is 0.607. The molecule has 0 radical (unpaired) electrons. The van der Waals surface area contributed by atoms with Crippen LogP contribution >= 0.6 is 0 Å². The maximum atomic E-state index is 11.3. The molecule has 2 rings (SSSR count). The van der Waals surface area contributed by atoms with Crippen molar-refractivity contribution in [2.45, 2.75) is 0 Å². The van der Waals surface area contributed by atoms with E-state index in [4.69, 9.17) is 0 Å². The van der Waals surface area contributed by atoms with Crippen molar-refractivity contribution in [1.82, 2.24) is 9.55 Å². The highest BCUT2D eigenvalue weighted by Gasteiger charge is 2.03. The summed E-state index contributed by atoms with van der Waals surface area (Å²) >= 11 is 0. The van der Waals surface area contributed by atoms with E-state index in [2.05, 4.69) is 9.71 Å². The van der Waals surface area contributed by atoms with Gasteiger partial charge in [-0.15, -0.1) is 0 Å². The molecular formula is C10H11N3O3S. The van der Waals surface area contributed by atoms with E-state index < -0.39 is 10.0 Å². The van der Waals surface area contributed by atoms with E-state index in [9.17, 15) is 13.2 Å². The molecule has 0 atom stereocenters. The molecule has 0 fully saturated rings. The molecule has 0 aliphatic rings. The average Bonchev–Trinajstić information content (AvgIpc) is 2.63. The van der Waals surface area contributed by atoms with Crippen LogP contribution in [-0.4, -0.2) is 24.2 Å². The van der Waals surface area contributed by atoms with Crippen LogP contribution in [0.4, 0.5) is 5.69 Å². The van der Waals surface area contributed by atoms with E-state index >= 15 is 0 Å². The van der Waals surface area contributed by atoms with Crippen molar-refractivity contribution in [2.75, 3.05) is 11.0 Å². The molecule has 0 aliphatic heterocycles. The van der Waals surface area contributed by atoms with Gasteiger partial charge in [0, 0.05) is 18.1 Å². The summed E-state index contributed by atoms with van der Waals surface area (Å²) in [5.74, 6) is 0. The number of nitrogens with one attached hydrogen (secondary N) is 2. The largest absolute Gasteiger partial charge is 0.330 e. The summed E-state index contributed by atoms with van der Waals surface area (Å²) in [6.45, 7) is 0. The van der Waals surface area contributed by atoms with Crippen LogP contribution in [0.3, 0.4) is 0 Å². The third-order valence-electron chi connectivity index (χ3n) is 2.10. The fourth-order valence-corrected chi connectivity index (χ4v) is 1.99. The van der Waals surface area contributed by atoms with E-state index in [-0.39, 0.29) is 5.69 Å². The summed E-state index contributed by atoms with van der Waals surface area (Å²) < 4.78 is 25.8. The molecule has 2 N–H and O–H groups in total. The Balaban J connectivity index is 2.31. The molecule has 0 bridgehead atoms. The lowest BCUT2D eigenvalue weighted by Gasteiger charge is -2.05. The molecule has 0 aliphatic carbocycles. The average molecular weight is 253 g/mol. The number of H-pyrrole nitrogens is 1. The SMILES string of the molecule is CS(=O)(=O)Nc1ccc(-n2cc[nH]c2=O)cc1. The molecule has 0 amide bonds. The van der Waals surface area contributed by atoms with Crippen molar-refractivity contribution in [3.63, 3.8) is 0 Å². The first-order chi connectivity index (χ1) is 7.96. The van der Waals surface area contributed by atoms with Crippen LogP contribution in [0.2, 0.25) is 0 Å². The van der Waals surface area contributed by atoms with Gasteiger partial charge in [0.05, 0.1) is 11.9 Å². The van der Waals surface area contributed by atoms with Gasteiger partial charge >= 0.3 is 5.69 Å². The predicted molar refractivity (Wildman–Crippen MR) is 64.9 cm³/mol. The zero-order chi connectivity index (χ0) is 12.5. The Morgan fingerprint density at radius 2 is 1.88 bits per heavy atom. The van der Waals surface area contributed by atoms with Gasteiger partial charge < -0.3 is 4.98 Å². The summed E-state index contributed by atoms with van der Waals surface area (Å²) in [6.07, 6.45) is 4.21. The minimum Gasteiger partial charge on any atom is -0.312 e. The number of hydrogen-bond acceptors (Lipinski definition) is 3. The summed E-state index contributed by atoms with van der Waals surface area (Å²) in [6, 6.07) is 6.50. The number of aromatic nitrogens is 2. The number of sulfonamides is 1. The first-order valence-corrected chi connectivity index (χ1v) is 6.69. The quantitative estimate of drug-likeness (QED) is 0.837. The second kappa shape index (κ2) is 4.10. The van der Waals surface area contributed by atoms with Crippen molar-refractivity contribution in [1.29, 1.82) is 0 Å². The lowest BCUT2D eigenvalue weighted by atomic mass is 10.3. The normalized spacial score (nSPS) is 11.4. The number of rotatable bonds is 3. The molecule has 6 nitrogen and oxygen atoms in total. The Labute approximate surface area is 98.0 Å². The standard InChI is InChI=1S/C10H11N3O3S/c1-17(15,16)12-8-2-4-9(5-3-8)13-7-6-11-10(13)14/h2-7,12H,1H3,(H,11,14). The van der Waals surface area contributed by atoms with Gasteiger partial charge in [-0.3, -0.25) is 9.29 Å². The number of hydrogen-bond donors (Lipinski definition) is 2. The van der Waals surface area contributed by atoms with Crippen molar-refractivity contribution < 1.29 is 8.42 Å². The Kier molecular flexibility index (Phi) is 2.76. The van der Waals surface area contributed by atoms with Crippen molar-refractivity contribution in [2.24, 2.45) is 0 Å². The first-order valence-electron chi connectivity index (χ1n) is 4.80. The molecule has 17 heavy (non-hydrogen) atoms. The number of benzene rings is 1. The highest BCUT2D eigenvalue weighted by atomic mass is 32.2. The molecular weight excluding hydrogens is 242 g/mol. The van der Waals surface area contributed by atoms with Crippen LogP contribution in [0.1, 0.15) is 0 Å². The summed E-state index contributed by atoms with van der Waals surface area (Å²) in [5.41, 5.74) is 0.879. The van der Waals surface area contributed by atoms with Crippen LogP contribution in [0, 0.1) is 0 Å². The summed E-state index contributed by atoms with van der Waals surface area (Å²) in [4.78, 5) is 13.8. The maximum Gasteiger partial charge on any atom is 0.330 e. The molecule has 1 aromatic carbocycles. The summed E-state index contributed by atoms with van der Waals surface area (Å²) in [7, 11) is -3.28. The lowest BCUT2D eigenvalue weighted by Crippen LogP contribution is -2.14. The second-order valence-electron chi connectivity index (χ2n) is 3.56. The highest BCUT2D eigenvalue weighted by Crippen LogP contribution is 2.12. The van der Waals surface area contributed by atoms with Crippen molar-refractivity contribution in [3.8, 4) is 5.69 Å². The number of imidazole rings is 1. The Morgan fingerprint density at radius 3 is 2.35 bits per heavy atom. The molecule has 2 aromatic rings. The van der Waals surface area contributed by atoms with E-state index in [0.29, 0.717) is 11.4 Å². The van der Waals surface area contributed by atoms with Crippen LogP contribution in [0.15, 0.2) is 41.5 Å². The van der Waals surface area contributed by atoms with Gasteiger partial charge in [0.2, 0.25) is 10.0 Å². The number of nitrogens with zero attached hydrogens (tertiary/aromatic N) is 1. The predicted octanol–water partition coefficient (Wildman–Crippen LogP) is 0.537. The van der Waals surface area contributed by atoms with E-state index in [1.165, 1.54) is 10.8 Å². The molecule has 1 heterocycles. The Bertz CT molecular complexity index is 667. The zero-order valence-corrected chi connectivity index (χ0v) is 9.86. The van der Waals surface area contributed by atoms with Crippen LogP contribution in [-0.2, 0) is 10.0 Å². The third-order valence-corrected chi connectivity index (χ3v) is 2.70. The molecule has 0 saturated heterocycles. The summed E-state index contributed by atoms with van der Waals surface area (Å²) in [5, 5.41) is 0. The van der Waals surface area contributed by atoms with Crippen LogP contribution in [0.25, 0.3) is 5.69 Å². The molecule has 0 unspecified atom stereocenters.